The van der Waals surface area contributed by atoms with Gasteiger partial charge in [-0.3, -0.25) is 9.59 Å². The van der Waals surface area contributed by atoms with Crippen LogP contribution in [0.1, 0.15) is 44.2 Å². The van der Waals surface area contributed by atoms with E-state index in [2.05, 4.69) is 17.1 Å². The van der Waals surface area contributed by atoms with Crippen molar-refractivity contribution < 1.29 is 9.18 Å². The molecule has 3 heterocycles. The van der Waals surface area contributed by atoms with Crippen LogP contribution in [0.4, 0.5) is 4.39 Å². The zero-order valence-electron chi connectivity index (χ0n) is 16.9. The molecule has 5 rings (SSSR count). The van der Waals surface area contributed by atoms with E-state index < -0.39 is 0 Å². The Morgan fingerprint density at radius 3 is 2.50 bits per heavy atom. The Bertz CT molecular complexity index is 1150. The van der Waals surface area contributed by atoms with Crippen LogP contribution in [0, 0.1) is 11.7 Å². The van der Waals surface area contributed by atoms with Crippen molar-refractivity contribution in [3.05, 3.63) is 52.3 Å². The van der Waals surface area contributed by atoms with E-state index in [1.807, 2.05) is 4.90 Å². The van der Waals surface area contributed by atoms with Gasteiger partial charge in [-0.05, 0) is 55.9 Å². The third-order valence-corrected chi connectivity index (χ3v) is 6.17. The van der Waals surface area contributed by atoms with Crippen molar-refractivity contribution in [1.29, 1.82) is 0 Å². The number of amides is 1. The van der Waals surface area contributed by atoms with E-state index in [0.717, 1.165) is 44.5 Å². The summed E-state index contributed by atoms with van der Waals surface area (Å²) in [4.78, 5) is 28.0. The van der Waals surface area contributed by atoms with E-state index in [1.54, 1.807) is 18.3 Å². The molecule has 1 saturated carbocycles. The lowest BCUT2D eigenvalue weighted by molar-refractivity contribution is -0.133. The van der Waals surface area contributed by atoms with E-state index in [4.69, 9.17) is 0 Å². The van der Waals surface area contributed by atoms with E-state index in [-0.39, 0.29) is 29.7 Å². The van der Waals surface area contributed by atoms with Crippen molar-refractivity contribution in [2.24, 2.45) is 5.92 Å². The lowest BCUT2D eigenvalue weighted by Gasteiger charge is -2.30. The molecule has 0 bridgehead atoms. The highest BCUT2D eigenvalue weighted by Gasteiger charge is 2.31. The molecule has 0 N–H and O–H groups in total. The Morgan fingerprint density at radius 2 is 1.83 bits per heavy atom. The van der Waals surface area contributed by atoms with Crippen LogP contribution in [0.3, 0.4) is 0 Å². The van der Waals surface area contributed by atoms with Crippen LogP contribution in [0.2, 0.25) is 0 Å². The quantitative estimate of drug-likeness (QED) is 0.664. The minimum Gasteiger partial charge on any atom is -0.341 e. The van der Waals surface area contributed by atoms with E-state index in [1.165, 1.54) is 21.5 Å². The van der Waals surface area contributed by atoms with Gasteiger partial charge in [-0.1, -0.05) is 6.92 Å². The third-order valence-electron chi connectivity index (χ3n) is 6.17. The largest absolute Gasteiger partial charge is 0.341 e. The average molecular weight is 409 g/mol. The second-order valence-electron chi connectivity index (χ2n) is 8.48. The molecule has 8 heteroatoms. The second-order valence-corrected chi connectivity index (χ2v) is 8.48. The number of fused-ring (bicyclic) bond motifs is 1. The van der Waals surface area contributed by atoms with Crippen LogP contribution in [0.5, 0.6) is 0 Å². The number of rotatable bonds is 4. The van der Waals surface area contributed by atoms with Crippen LogP contribution >= 0.6 is 0 Å². The fourth-order valence-corrected chi connectivity index (χ4v) is 4.12. The molecule has 1 aromatic carbocycles. The first-order valence-corrected chi connectivity index (χ1v) is 10.5. The van der Waals surface area contributed by atoms with Gasteiger partial charge in [0.2, 0.25) is 5.91 Å². The first kappa shape index (κ1) is 19.0. The van der Waals surface area contributed by atoms with Gasteiger partial charge >= 0.3 is 0 Å². The van der Waals surface area contributed by atoms with E-state index >= 15 is 0 Å². The first-order chi connectivity index (χ1) is 14.5. The van der Waals surface area contributed by atoms with Crippen molar-refractivity contribution in [2.75, 3.05) is 13.1 Å². The number of carbonyl (C=O) groups is 1. The third kappa shape index (κ3) is 3.40. The van der Waals surface area contributed by atoms with Gasteiger partial charge in [0.25, 0.3) is 5.56 Å². The van der Waals surface area contributed by atoms with Gasteiger partial charge in [0.1, 0.15) is 17.9 Å². The summed E-state index contributed by atoms with van der Waals surface area (Å²) in [6, 6.07) is 5.85. The lowest BCUT2D eigenvalue weighted by atomic mass is 9.99. The van der Waals surface area contributed by atoms with Crippen molar-refractivity contribution in [1.82, 2.24) is 24.5 Å². The number of piperidine rings is 1. The highest BCUT2D eigenvalue weighted by Crippen LogP contribution is 2.41. The average Bonchev–Trinajstić information content (AvgIpc) is 3.49. The maximum absolute atomic E-state index is 13.4. The normalized spacial score (nSPS) is 17.6. The molecule has 2 aromatic heterocycles. The Balaban J connectivity index is 1.56. The first-order valence-electron chi connectivity index (χ1n) is 10.5. The van der Waals surface area contributed by atoms with Crippen LogP contribution in [-0.2, 0) is 11.3 Å². The van der Waals surface area contributed by atoms with Gasteiger partial charge in [0.05, 0.1) is 17.6 Å². The summed E-state index contributed by atoms with van der Waals surface area (Å²) in [5.74, 6) is 0.480. The summed E-state index contributed by atoms with van der Waals surface area (Å²) in [6.07, 6.45) is 5.65. The molecule has 2 fully saturated rings. The van der Waals surface area contributed by atoms with Crippen molar-refractivity contribution in [3.8, 4) is 5.69 Å². The number of likely N-dealkylation sites (tertiary alicyclic amines) is 1. The van der Waals surface area contributed by atoms with E-state index in [9.17, 15) is 14.0 Å². The molecule has 0 spiro atoms. The number of hydrogen-bond acceptors (Lipinski definition) is 4. The van der Waals surface area contributed by atoms with Crippen LogP contribution in [-0.4, -0.2) is 43.5 Å². The number of halogens is 1. The number of hydrogen-bond donors (Lipinski definition) is 0. The molecule has 156 valence electrons. The summed E-state index contributed by atoms with van der Waals surface area (Å²) in [7, 11) is 0. The molecule has 1 aliphatic heterocycles. The minimum absolute atomic E-state index is 0.0720. The van der Waals surface area contributed by atoms with Crippen molar-refractivity contribution >= 4 is 16.8 Å². The van der Waals surface area contributed by atoms with Gasteiger partial charge in [-0.25, -0.2) is 13.8 Å². The number of benzene rings is 1. The maximum Gasteiger partial charge on any atom is 0.293 e. The Hall–Kier alpha value is -3.03. The number of carbonyl (C=O) groups excluding carboxylic acids is 1. The standard InChI is InChI=1S/C22H24FN5O2/c1-14-8-10-26(11-9-14)19(29)13-27-22(30)21-18(20(25-27)15-2-3-15)12-24-28(21)17-6-4-16(23)5-7-17/h4-7,12,14-15H,2-3,8-11,13H2,1H3. The van der Waals surface area contributed by atoms with E-state index in [0.29, 0.717) is 22.5 Å². The predicted molar refractivity (Wildman–Crippen MR) is 110 cm³/mol. The summed E-state index contributed by atoms with van der Waals surface area (Å²) in [5, 5.41) is 9.68. The van der Waals surface area contributed by atoms with Crippen molar-refractivity contribution in [2.45, 2.75) is 45.1 Å². The number of nitrogens with zero attached hydrogens (tertiary/aromatic N) is 5. The zero-order chi connectivity index (χ0) is 20.8. The van der Waals surface area contributed by atoms with Crippen LogP contribution < -0.4 is 5.56 Å². The summed E-state index contributed by atoms with van der Waals surface area (Å²) >= 11 is 0. The van der Waals surface area contributed by atoms with Gasteiger partial charge in [0, 0.05) is 24.4 Å². The Labute approximate surface area is 173 Å². The molecule has 0 radical (unpaired) electrons. The second kappa shape index (κ2) is 7.34. The fourth-order valence-electron chi connectivity index (χ4n) is 4.12. The predicted octanol–water partition coefficient (Wildman–Crippen LogP) is 2.86. The Kier molecular flexibility index (Phi) is 4.64. The van der Waals surface area contributed by atoms with Crippen molar-refractivity contribution in [3.63, 3.8) is 0 Å². The van der Waals surface area contributed by atoms with Gasteiger partial charge in [-0.2, -0.15) is 10.2 Å². The molecule has 1 saturated heterocycles. The van der Waals surface area contributed by atoms with Crippen LogP contribution in [0.25, 0.3) is 16.6 Å². The zero-order valence-corrected chi connectivity index (χ0v) is 16.9. The molecule has 1 aliphatic carbocycles. The summed E-state index contributed by atoms with van der Waals surface area (Å²) in [5.41, 5.74) is 1.45. The van der Waals surface area contributed by atoms with Gasteiger partial charge < -0.3 is 4.90 Å². The van der Waals surface area contributed by atoms with Gasteiger partial charge in [0.15, 0.2) is 0 Å². The topological polar surface area (TPSA) is 73.0 Å². The molecule has 30 heavy (non-hydrogen) atoms. The molecular weight excluding hydrogens is 385 g/mol. The molecule has 7 nitrogen and oxygen atoms in total. The highest BCUT2D eigenvalue weighted by atomic mass is 19.1. The SMILES string of the molecule is CC1CCN(C(=O)Cn2nc(C3CC3)c3cnn(-c4ccc(F)cc4)c3c2=O)CC1. The molecule has 0 atom stereocenters. The molecule has 0 unspecified atom stereocenters. The monoisotopic (exact) mass is 409 g/mol. The fraction of sp³-hybridized carbons (Fsp3) is 0.455. The van der Waals surface area contributed by atoms with Crippen LogP contribution in [0.15, 0.2) is 35.3 Å². The minimum atomic E-state index is -0.352. The number of aromatic nitrogens is 4. The smallest absolute Gasteiger partial charge is 0.293 e. The molecule has 3 aromatic rings. The highest BCUT2D eigenvalue weighted by molar-refractivity contribution is 5.83. The molecular formula is C22H24FN5O2. The summed E-state index contributed by atoms with van der Waals surface area (Å²) < 4.78 is 16.2. The summed E-state index contributed by atoms with van der Waals surface area (Å²) in [6.45, 7) is 3.57. The lowest BCUT2D eigenvalue weighted by Crippen LogP contribution is -2.42. The molecule has 2 aliphatic rings. The Morgan fingerprint density at radius 1 is 1.13 bits per heavy atom. The maximum atomic E-state index is 13.4. The van der Waals surface area contributed by atoms with Gasteiger partial charge in [-0.15, -0.1) is 0 Å². The molecule has 1 amide bonds.